The standard InChI is InChI=1S/C21H20N4O3S/c1-14(15-7-4-3-5-8-15)11-18-23-24-21(27-18)29-13-19-22-20(25-28-19)16-9-6-10-17(12-16)26-2/h3-10,12,14H,11,13H2,1-2H3. The third-order valence-electron chi connectivity index (χ3n) is 4.41. The van der Waals surface area contributed by atoms with E-state index in [2.05, 4.69) is 39.4 Å². The van der Waals surface area contributed by atoms with Gasteiger partial charge >= 0.3 is 0 Å². The van der Waals surface area contributed by atoms with Crippen molar-refractivity contribution in [2.75, 3.05) is 7.11 Å². The third-order valence-corrected chi connectivity index (χ3v) is 5.22. The number of hydrogen-bond donors (Lipinski definition) is 0. The number of methoxy groups -OCH3 is 1. The van der Waals surface area contributed by atoms with Crippen molar-refractivity contribution in [3.8, 4) is 17.1 Å². The lowest BCUT2D eigenvalue weighted by Crippen LogP contribution is -1.98. The summed E-state index contributed by atoms with van der Waals surface area (Å²) in [4.78, 5) is 4.42. The first kappa shape index (κ1) is 19.2. The molecule has 0 aliphatic heterocycles. The minimum Gasteiger partial charge on any atom is -0.497 e. The molecule has 0 fully saturated rings. The molecule has 1 unspecified atom stereocenters. The van der Waals surface area contributed by atoms with Gasteiger partial charge in [-0.1, -0.05) is 66.3 Å². The molecule has 2 aromatic carbocycles. The smallest absolute Gasteiger partial charge is 0.277 e. The Morgan fingerprint density at radius 1 is 1.03 bits per heavy atom. The van der Waals surface area contributed by atoms with Crippen LogP contribution in [0.25, 0.3) is 11.4 Å². The zero-order valence-corrected chi connectivity index (χ0v) is 16.9. The highest BCUT2D eigenvalue weighted by Crippen LogP contribution is 2.26. The van der Waals surface area contributed by atoms with E-state index in [4.69, 9.17) is 13.7 Å². The van der Waals surface area contributed by atoms with Gasteiger partial charge in [0.1, 0.15) is 5.75 Å². The van der Waals surface area contributed by atoms with E-state index in [1.54, 1.807) is 7.11 Å². The highest BCUT2D eigenvalue weighted by molar-refractivity contribution is 7.98. The number of nitrogens with zero attached hydrogens (tertiary/aromatic N) is 4. The van der Waals surface area contributed by atoms with Crippen molar-refractivity contribution in [1.29, 1.82) is 0 Å². The van der Waals surface area contributed by atoms with Crippen LogP contribution in [-0.2, 0) is 12.2 Å². The summed E-state index contributed by atoms with van der Waals surface area (Å²) in [6.07, 6.45) is 0.693. The molecule has 8 heteroatoms. The maximum Gasteiger partial charge on any atom is 0.277 e. The Morgan fingerprint density at radius 2 is 1.90 bits per heavy atom. The average Bonchev–Trinajstić information content (AvgIpc) is 3.42. The van der Waals surface area contributed by atoms with Crippen LogP contribution >= 0.6 is 11.8 Å². The van der Waals surface area contributed by atoms with Gasteiger partial charge < -0.3 is 13.7 Å². The fourth-order valence-corrected chi connectivity index (χ4v) is 3.47. The molecule has 2 heterocycles. The van der Waals surface area contributed by atoms with Gasteiger partial charge in [0.2, 0.25) is 17.6 Å². The second-order valence-electron chi connectivity index (χ2n) is 6.51. The number of benzene rings is 2. The number of hydrogen-bond acceptors (Lipinski definition) is 8. The topological polar surface area (TPSA) is 87.1 Å². The highest BCUT2D eigenvalue weighted by atomic mass is 32.2. The summed E-state index contributed by atoms with van der Waals surface area (Å²) in [5, 5.41) is 12.8. The maximum absolute atomic E-state index is 5.75. The molecule has 4 aromatic rings. The van der Waals surface area contributed by atoms with Gasteiger partial charge in [-0.3, -0.25) is 0 Å². The fraction of sp³-hybridized carbons (Fsp3) is 0.238. The van der Waals surface area contributed by atoms with Gasteiger partial charge in [0.25, 0.3) is 5.22 Å². The van der Waals surface area contributed by atoms with E-state index in [0.29, 0.717) is 40.9 Å². The number of aromatic nitrogens is 4. The van der Waals surface area contributed by atoms with Crippen LogP contribution in [0.4, 0.5) is 0 Å². The molecule has 0 N–H and O–H groups in total. The molecule has 0 aliphatic carbocycles. The predicted molar refractivity (Wildman–Crippen MR) is 109 cm³/mol. The second kappa shape index (κ2) is 8.91. The second-order valence-corrected chi connectivity index (χ2v) is 7.44. The molecule has 7 nitrogen and oxygen atoms in total. The Bertz CT molecular complexity index is 1060. The first-order valence-corrected chi connectivity index (χ1v) is 10.2. The molecule has 0 saturated heterocycles. The summed E-state index contributed by atoms with van der Waals surface area (Å²) < 4.78 is 16.3. The molecule has 148 valence electrons. The van der Waals surface area contributed by atoms with Gasteiger partial charge in [-0.2, -0.15) is 4.98 Å². The van der Waals surface area contributed by atoms with Gasteiger partial charge in [0.05, 0.1) is 12.9 Å². The van der Waals surface area contributed by atoms with Crippen molar-refractivity contribution in [2.24, 2.45) is 0 Å². The first-order chi connectivity index (χ1) is 14.2. The minimum absolute atomic E-state index is 0.302. The molecular weight excluding hydrogens is 388 g/mol. The normalized spacial score (nSPS) is 12.1. The summed E-state index contributed by atoms with van der Waals surface area (Å²) in [6.45, 7) is 2.14. The molecular formula is C21H20N4O3S. The van der Waals surface area contributed by atoms with E-state index in [1.165, 1.54) is 17.3 Å². The van der Waals surface area contributed by atoms with Crippen LogP contribution in [0.1, 0.15) is 30.2 Å². The van der Waals surface area contributed by atoms with E-state index in [9.17, 15) is 0 Å². The highest BCUT2D eigenvalue weighted by Gasteiger charge is 2.15. The first-order valence-electron chi connectivity index (χ1n) is 9.18. The Balaban J connectivity index is 1.35. The molecule has 0 radical (unpaired) electrons. The summed E-state index contributed by atoms with van der Waals surface area (Å²) in [5.41, 5.74) is 2.08. The Morgan fingerprint density at radius 3 is 2.72 bits per heavy atom. The quantitative estimate of drug-likeness (QED) is 0.385. The molecule has 0 amide bonds. The van der Waals surface area contributed by atoms with Crippen LogP contribution in [0, 0.1) is 0 Å². The Labute approximate surface area is 172 Å². The summed E-state index contributed by atoms with van der Waals surface area (Å²) >= 11 is 1.37. The molecule has 0 spiro atoms. The van der Waals surface area contributed by atoms with E-state index in [-0.39, 0.29) is 0 Å². The summed E-state index contributed by atoms with van der Waals surface area (Å²) in [5.74, 6) is 3.12. The van der Waals surface area contributed by atoms with Crippen molar-refractivity contribution in [3.63, 3.8) is 0 Å². The average molecular weight is 408 g/mol. The number of thioether (sulfide) groups is 1. The van der Waals surface area contributed by atoms with E-state index in [0.717, 1.165) is 11.3 Å². The van der Waals surface area contributed by atoms with Crippen LogP contribution in [-0.4, -0.2) is 27.4 Å². The van der Waals surface area contributed by atoms with Gasteiger partial charge in [-0.05, 0) is 23.6 Å². The lowest BCUT2D eigenvalue weighted by atomic mass is 9.98. The monoisotopic (exact) mass is 408 g/mol. The van der Waals surface area contributed by atoms with E-state index in [1.807, 2.05) is 42.5 Å². The summed E-state index contributed by atoms with van der Waals surface area (Å²) in [7, 11) is 1.62. The van der Waals surface area contributed by atoms with Crippen molar-refractivity contribution < 1.29 is 13.7 Å². The largest absolute Gasteiger partial charge is 0.497 e. The molecule has 29 heavy (non-hydrogen) atoms. The Hall–Kier alpha value is -3.13. The van der Waals surface area contributed by atoms with Crippen molar-refractivity contribution in [2.45, 2.75) is 30.2 Å². The SMILES string of the molecule is COc1cccc(-c2noc(CSc3nnc(CC(C)c4ccccc4)o3)n2)c1. The third kappa shape index (κ3) is 4.83. The van der Waals surface area contributed by atoms with Gasteiger partial charge in [0, 0.05) is 12.0 Å². The minimum atomic E-state index is 0.302. The molecule has 0 bridgehead atoms. The van der Waals surface area contributed by atoms with Crippen molar-refractivity contribution >= 4 is 11.8 Å². The van der Waals surface area contributed by atoms with Gasteiger partial charge in [0.15, 0.2) is 0 Å². The van der Waals surface area contributed by atoms with E-state index < -0.39 is 0 Å². The van der Waals surface area contributed by atoms with Crippen LogP contribution in [0.2, 0.25) is 0 Å². The molecule has 1 atom stereocenters. The van der Waals surface area contributed by atoms with Crippen LogP contribution < -0.4 is 4.74 Å². The van der Waals surface area contributed by atoms with Crippen molar-refractivity contribution in [1.82, 2.24) is 20.3 Å². The Kier molecular flexibility index (Phi) is 5.90. The molecule has 2 aromatic heterocycles. The molecule has 0 saturated carbocycles. The van der Waals surface area contributed by atoms with Crippen LogP contribution in [0.15, 0.2) is 68.8 Å². The fourth-order valence-electron chi connectivity index (χ4n) is 2.86. The zero-order chi connectivity index (χ0) is 20.1. The number of ether oxygens (including phenoxy) is 1. The van der Waals surface area contributed by atoms with Crippen molar-refractivity contribution in [3.05, 3.63) is 71.9 Å². The lowest BCUT2D eigenvalue weighted by Gasteiger charge is -2.08. The lowest BCUT2D eigenvalue weighted by molar-refractivity contribution is 0.388. The molecule has 4 rings (SSSR count). The number of rotatable bonds is 8. The van der Waals surface area contributed by atoms with E-state index >= 15 is 0 Å². The van der Waals surface area contributed by atoms with Gasteiger partial charge in [-0.25, -0.2) is 0 Å². The van der Waals surface area contributed by atoms with Crippen LogP contribution in [0.5, 0.6) is 5.75 Å². The maximum atomic E-state index is 5.75. The zero-order valence-electron chi connectivity index (χ0n) is 16.1. The molecule has 0 aliphatic rings. The summed E-state index contributed by atoms with van der Waals surface area (Å²) in [6, 6.07) is 17.8. The van der Waals surface area contributed by atoms with Gasteiger partial charge in [-0.15, -0.1) is 10.2 Å². The predicted octanol–water partition coefficient (Wildman–Crippen LogP) is 4.77. The van der Waals surface area contributed by atoms with Crippen LogP contribution in [0.3, 0.4) is 0 Å².